The number of fused-ring (bicyclic) bond motifs is 2. The Balaban J connectivity index is 0.948. The number of aryl methyl sites for hydroxylation is 1. The van der Waals surface area contributed by atoms with Gasteiger partial charge in [-0.2, -0.15) is 0 Å². The Kier molecular flexibility index (Phi) is 9.44. The SMILES string of the molecule is Cc1cc(C(=O)Nc2ccc(CNC(=O)c3ncc4n3CCN(Cc3ccc(C(=O)N(C)C)cc3)C43CCC3)cc2)ccc1N1CCOCC1. The van der Waals surface area contributed by atoms with Gasteiger partial charge < -0.3 is 29.7 Å². The van der Waals surface area contributed by atoms with Crippen LogP contribution in [0.25, 0.3) is 0 Å². The molecule has 0 atom stereocenters. The number of anilines is 2. The van der Waals surface area contributed by atoms with Gasteiger partial charge in [0.25, 0.3) is 17.7 Å². The highest BCUT2D eigenvalue weighted by atomic mass is 16.5. The molecule has 1 saturated carbocycles. The third-order valence-corrected chi connectivity index (χ3v) is 10.4. The first-order valence-electron chi connectivity index (χ1n) is 17.5. The summed E-state index contributed by atoms with van der Waals surface area (Å²) in [5.41, 5.74) is 7.23. The molecule has 50 heavy (non-hydrogen) atoms. The standard InChI is InChI=1S/C39H45N7O4/c1-27-23-31(11-14-33(27)44-19-21-50-22-20-44)36(47)42-32-12-7-28(8-13-32)24-41-37(48)35-40-25-34-39(15-4-16-39)45(17-18-46(34)35)26-29-5-9-30(10-6-29)38(49)43(2)3/h5-14,23,25H,4,15-22,24,26H2,1-3H3,(H,41,48)(H,42,47). The molecule has 3 amide bonds. The van der Waals surface area contributed by atoms with Crippen molar-refractivity contribution in [1.29, 1.82) is 0 Å². The van der Waals surface area contributed by atoms with Crippen molar-refractivity contribution < 1.29 is 19.1 Å². The normalized spacial score (nSPS) is 16.7. The number of hydrogen-bond donors (Lipinski definition) is 2. The van der Waals surface area contributed by atoms with Crippen LogP contribution in [-0.4, -0.2) is 84.0 Å². The number of aromatic nitrogens is 2. The van der Waals surface area contributed by atoms with Crippen molar-refractivity contribution in [1.82, 2.24) is 24.7 Å². The van der Waals surface area contributed by atoms with Gasteiger partial charge in [-0.3, -0.25) is 19.3 Å². The zero-order valence-electron chi connectivity index (χ0n) is 29.1. The molecule has 7 rings (SSSR count). The van der Waals surface area contributed by atoms with E-state index < -0.39 is 0 Å². The quantitative estimate of drug-likeness (QED) is 0.262. The minimum Gasteiger partial charge on any atom is -0.378 e. The molecular formula is C39H45N7O4. The summed E-state index contributed by atoms with van der Waals surface area (Å²) in [4.78, 5) is 49.7. The number of ether oxygens (including phenoxy) is 1. The molecule has 11 nitrogen and oxygen atoms in total. The maximum atomic E-state index is 13.4. The van der Waals surface area contributed by atoms with Crippen LogP contribution in [0.5, 0.6) is 0 Å². The molecule has 2 aliphatic heterocycles. The summed E-state index contributed by atoms with van der Waals surface area (Å²) in [7, 11) is 3.52. The zero-order valence-corrected chi connectivity index (χ0v) is 29.1. The highest BCUT2D eigenvalue weighted by Gasteiger charge is 2.49. The summed E-state index contributed by atoms with van der Waals surface area (Å²) in [6, 6.07) is 21.2. The van der Waals surface area contributed by atoms with E-state index in [1.54, 1.807) is 19.0 Å². The fourth-order valence-corrected chi connectivity index (χ4v) is 7.42. The van der Waals surface area contributed by atoms with E-state index in [-0.39, 0.29) is 23.3 Å². The van der Waals surface area contributed by atoms with E-state index in [1.165, 1.54) is 0 Å². The number of benzene rings is 3. The number of carbonyl (C=O) groups excluding carboxylic acids is 3. The second kappa shape index (κ2) is 14.1. The molecule has 4 aromatic rings. The van der Waals surface area contributed by atoms with Crippen molar-refractivity contribution >= 4 is 29.1 Å². The lowest BCUT2D eigenvalue weighted by atomic mass is 9.72. The molecule has 0 radical (unpaired) electrons. The first kappa shape index (κ1) is 33.5. The van der Waals surface area contributed by atoms with Gasteiger partial charge in [0.2, 0.25) is 0 Å². The average molecular weight is 676 g/mol. The molecule has 260 valence electrons. The van der Waals surface area contributed by atoms with Crippen LogP contribution < -0.4 is 15.5 Å². The van der Waals surface area contributed by atoms with Crippen molar-refractivity contribution in [2.45, 2.75) is 51.4 Å². The Labute approximate surface area is 293 Å². The molecule has 2 fully saturated rings. The topological polar surface area (TPSA) is 112 Å². The fraction of sp³-hybridized carbons (Fsp3) is 0.385. The van der Waals surface area contributed by atoms with Crippen LogP contribution in [0.2, 0.25) is 0 Å². The molecule has 11 heteroatoms. The third kappa shape index (κ3) is 6.63. The van der Waals surface area contributed by atoms with Crippen molar-refractivity contribution in [3.63, 3.8) is 0 Å². The van der Waals surface area contributed by atoms with Crippen molar-refractivity contribution in [3.8, 4) is 0 Å². The summed E-state index contributed by atoms with van der Waals surface area (Å²) >= 11 is 0. The van der Waals surface area contributed by atoms with Crippen LogP contribution in [-0.2, 0) is 29.9 Å². The van der Waals surface area contributed by atoms with E-state index >= 15 is 0 Å². The number of imidazole rings is 1. The number of hydrogen-bond acceptors (Lipinski definition) is 7. The fourth-order valence-electron chi connectivity index (χ4n) is 7.42. The number of carbonyl (C=O) groups is 3. The number of amides is 3. The Morgan fingerprint density at radius 3 is 2.22 bits per heavy atom. The molecular weight excluding hydrogens is 630 g/mol. The van der Waals surface area contributed by atoms with Crippen LogP contribution in [0.3, 0.4) is 0 Å². The summed E-state index contributed by atoms with van der Waals surface area (Å²) in [6.07, 6.45) is 5.07. The van der Waals surface area contributed by atoms with Crippen LogP contribution in [0.15, 0.2) is 72.9 Å². The second-order valence-corrected chi connectivity index (χ2v) is 13.8. The molecule has 0 unspecified atom stereocenters. The first-order chi connectivity index (χ1) is 24.2. The van der Waals surface area contributed by atoms with Gasteiger partial charge in [0.1, 0.15) is 0 Å². The molecule has 1 aliphatic carbocycles. The number of rotatable bonds is 9. The van der Waals surface area contributed by atoms with Crippen molar-refractivity contribution in [2.24, 2.45) is 0 Å². The van der Waals surface area contributed by atoms with Gasteiger partial charge in [-0.25, -0.2) is 4.98 Å². The molecule has 1 aromatic heterocycles. The van der Waals surface area contributed by atoms with Crippen molar-refractivity contribution in [2.75, 3.05) is 57.2 Å². The molecule has 3 heterocycles. The summed E-state index contributed by atoms with van der Waals surface area (Å²) in [5, 5.41) is 6.04. The summed E-state index contributed by atoms with van der Waals surface area (Å²) in [6.45, 7) is 7.78. The van der Waals surface area contributed by atoms with Gasteiger partial charge in [-0.15, -0.1) is 0 Å². The van der Waals surface area contributed by atoms with Gasteiger partial charge in [0.05, 0.1) is 30.6 Å². The Hall–Kier alpha value is -5.00. The Morgan fingerprint density at radius 2 is 1.56 bits per heavy atom. The summed E-state index contributed by atoms with van der Waals surface area (Å²) < 4.78 is 7.56. The van der Waals surface area contributed by atoms with Crippen LogP contribution in [0, 0.1) is 6.92 Å². The summed E-state index contributed by atoms with van der Waals surface area (Å²) in [5.74, 6) is 0.0755. The number of nitrogens with one attached hydrogen (secondary N) is 2. The van der Waals surface area contributed by atoms with Gasteiger partial charge >= 0.3 is 0 Å². The van der Waals surface area contributed by atoms with Crippen LogP contribution in [0.1, 0.15) is 73.0 Å². The van der Waals surface area contributed by atoms with Crippen LogP contribution in [0.4, 0.5) is 11.4 Å². The van der Waals surface area contributed by atoms with Crippen LogP contribution >= 0.6 is 0 Å². The highest BCUT2D eigenvalue weighted by Crippen LogP contribution is 2.49. The van der Waals surface area contributed by atoms with Crippen molar-refractivity contribution in [3.05, 3.63) is 112 Å². The van der Waals surface area contributed by atoms with Gasteiger partial charge in [-0.05, 0) is 85.3 Å². The Bertz CT molecular complexity index is 1870. The predicted molar refractivity (Wildman–Crippen MR) is 192 cm³/mol. The van der Waals surface area contributed by atoms with Gasteiger partial charge in [0.15, 0.2) is 5.82 Å². The molecule has 1 spiro atoms. The maximum Gasteiger partial charge on any atom is 0.287 e. The minimum absolute atomic E-state index is 0.00218. The molecule has 1 saturated heterocycles. The highest BCUT2D eigenvalue weighted by molar-refractivity contribution is 6.04. The molecule has 3 aromatic carbocycles. The lowest BCUT2D eigenvalue weighted by Gasteiger charge is -2.53. The van der Waals surface area contributed by atoms with E-state index in [4.69, 9.17) is 4.74 Å². The third-order valence-electron chi connectivity index (χ3n) is 10.4. The minimum atomic E-state index is -0.200. The average Bonchev–Trinajstić information content (AvgIpc) is 3.55. The second-order valence-electron chi connectivity index (χ2n) is 13.8. The van der Waals surface area contributed by atoms with Gasteiger partial charge in [0, 0.05) is 75.9 Å². The Morgan fingerprint density at radius 1 is 0.860 bits per heavy atom. The lowest BCUT2D eigenvalue weighted by Crippen LogP contribution is -2.56. The van der Waals surface area contributed by atoms with E-state index in [9.17, 15) is 14.4 Å². The monoisotopic (exact) mass is 675 g/mol. The number of morpholine rings is 1. The zero-order chi connectivity index (χ0) is 34.8. The molecule has 3 aliphatic rings. The molecule has 0 bridgehead atoms. The maximum absolute atomic E-state index is 13.4. The predicted octanol–water partition coefficient (Wildman–Crippen LogP) is 4.81. The molecule has 2 N–H and O–H groups in total. The van der Waals surface area contributed by atoms with E-state index in [2.05, 4.69) is 30.0 Å². The van der Waals surface area contributed by atoms with E-state index in [0.717, 1.165) is 73.5 Å². The lowest BCUT2D eigenvalue weighted by molar-refractivity contribution is -0.0217. The van der Waals surface area contributed by atoms with Gasteiger partial charge in [-0.1, -0.05) is 24.3 Å². The smallest absolute Gasteiger partial charge is 0.287 e. The largest absolute Gasteiger partial charge is 0.378 e. The first-order valence-corrected chi connectivity index (χ1v) is 17.5. The van der Waals surface area contributed by atoms with E-state index in [0.29, 0.717) is 48.9 Å². The van der Waals surface area contributed by atoms with E-state index in [1.807, 2.05) is 79.9 Å². The number of nitrogens with zero attached hydrogens (tertiary/aromatic N) is 5.